The van der Waals surface area contributed by atoms with E-state index in [1.165, 1.54) is 12.8 Å². The molecule has 0 atom stereocenters. The van der Waals surface area contributed by atoms with Gasteiger partial charge in [-0.1, -0.05) is 43.7 Å². The van der Waals surface area contributed by atoms with Crippen LogP contribution >= 0.6 is 11.8 Å². The molecule has 1 aromatic rings. The zero-order valence-corrected chi connectivity index (χ0v) is 10.8. The summed E-state index contributed by atoms with van der Waals surface area (Å²) < 4.78 is 0. The average molecular weight is 247 g/mol. The summed E-state index contributed by atoms with van der Waals surface area (Å²) in [5.41, 5.74) is 1.82. The molecule has 1 amide bonds. The molecule has 1 N–H and O–H groups in total. The van der Waals surface area contributed by atoms with Crippen LogP contribution in [0.4, 0.5) is 5.69 Å². The van der Waals surface area contributed by atoms with Gasteiger partial charge in [-0.05, 0) is 30.4 Å². The van der Waals surface area contributed by atoms with Gasteiger partial charge in [0, 0.05) is 10.5 Å². The predicted molar refractivity (Wildman–Crippen MR) is 73.2 cm³/mol. The lowest BCUT2D eigenvalue weighted by Crippen LogP contribution is -2.13. The Bertz CT molecular complexity index is 440. The van der Waals surface area contributed by atoms with Crippen LogP contribution in [-0.4, -0.2) is 5.91 Å². The van der Waals surface area contributed by atoms with E-state index < -0.39 is 0 Å². The van der Waals surface area contributed by atoms with E-state index >= 15 is 0 Å². The van der Waals surface area contributed by atoms with E-state index in [-0.39, 0.29) is 5.91 Å². The molecule has 1 aliphatic rings. The van der Waals surface area contributed by atoms with Crippen molar-refractivity contribution >= 4 is 23.4 Å². The third kappa shape index (κ3) is 3.13. The number of hydrogen-bond acceptors (Lipinski definition) is 2. The van der Waals surface area contributed by atoms with Gasteiger partial charge in [-0.15, -0.1) is 0 Å². The third-order valence-electron chi connectivity index (χ3n) is 2.80. The summed E-state index contributed by atoms with van der Waals surface area (Å²) in [6.07, 6.45) is 4.33. The second-order valence-electron chi connectivity index (χ2n) is 4.17. The van der Waals surface area contributed by atoms with E-state index in [4.69, 9.17) is 0 Å². The topological polar surface area (TPSA) is 29.1 Å². The Kier molecular flexibility index (Phi) is 4.26. The van der Waals surface area contributed by atoms with Crippen molar-refractivity contribution in [1.82, 2.24) is 0 Å². The average Bonchev–Trinajstić information content (AvgIpc) is 2.49. The number of anilines is 1. The molecule has 17 heavy (non-hydrogen) atoms. The smallest absolute Gasteiger partial charge is 0.252 e. The van der Waals surface area contributed by atoms with Gasteiger partial charge in [-0.3, -0.25) is 4.79 Å². The number of carbonyl (C=O) groups excluding carboxylic acids is 1. The molecule has 0 fully saturated rings. The molecule has 90 valence electrons. The predicted octanol–water partition coefficient (Wildman–Crippen LogP) is 4.20. The zero-order chi connectivity index (χ0) is 12.1. The number of hydrogen-bond donors (Lipinski definition) is 1. The van der Waals surface area contributed by atoms with Gasteiger partial charge in [0.25, 0.3) is 5.91 Å². The fourth-order valence-electron chi connectivity index (χ4n) is 1.80. The molecule has 0 aromatic heterocycles. The summed E-state index contributed by atoms with van der Waals surface area (Å²) >= 11 is 1.63. The Balaban J connectivity index is 2.08. The minimum Gasteiger partial charge on any atom is -0.321 e. The van der Waals surface area contributed by atoms with Gasteiger partial charge in [-0.25, -0.2) is 0 Å². The third-order valence-corrected chi connectivity index (χ3v) is 3.82. The van der Waals surface area contributed by atoms with Gasteiger partial charge in [0.1, 0.15) is 0 Å². The normalized spacial score (nSPS) is 14.6. The van der Waals surface area contributed by atoms with E-state index in [1.807, 2.05) is 29.7 Å². The first-order chi connectivity index (χ1) is 8.31. The molecule has 0 aliphatic carbocycles. The second kappa shape index (κ2) is 5.92. The van der Waals surface area contributed by atoms with Crippen molar-refractivity contribution < 1.29 is 4.79 Å². The van der Waals surface area contributed by atoms with E-state index in [0.717, 1.165) is 29.0 Å². The van der Waals surface area contributed by atoms with E-state index in [9.17, 15) is 4.79 Å². The maximum absolute atomic E-state index is 12.0. The highest BCUT2D eigenvalue weighted by atomic mass is 32.2. The quantitative estimate of drug-likeness (QED) is 0.808. The van der Waals surface area contributed by atoms with Crippen LogP contribution in [0.1, 0.15) is 32.6 Å². The standard InChI is InChI=1S/C14H17NOS/c1-2-3-4-7-11-10-17-13-9-6-5-8-12(13)15-14(11)16/h5-6,8-10H,2-4,7H2,1H3,(H,15,16). The monoisotopic (exact) mass is 247 g/mol. The lowest BCUT2D eigenvalue weighted by molar-refractivity contribution is -0.113. The van der Waals surface area contributed by atoms with Gasteiger partial charge in [0.15, 0.2) is 0 Å². The molecule has 0 unspecified atom stereocenters. The number of thioether (sulfide) groups is 1. The van der Waals surface area contributed by atoms with Crippen molar-refractivity contribution in [1.29, 1.82) is 0 Å². The molecule has 1 heterocycles. The number of unbranched alkanes of at least 4 members (excludes halogenated alkanes) is 2. The van der Waals surface area contributed by atoms with Crippen LogP contribution in [0, 0.1) is 0 Å². The van der Waals surface area contributed by atoms with Crippen LogP contribution in [0.15, 0.2) is 40.1 Å². The van der Waals surface area contributed by atoms with Crippen molar-refractivity contribution in [2.45, 2.75) is 37.5 Å². The van der Waals surface area contributed by atoms with Crippen LogP contribution in [0.25, 0.3) is 0 Å². The van der Waals surface area contributed by atoms with Crippen molar-refractivity contribution in [3.8, 4) is 0 Å². The fourth-order valence-corrected chi connectivity index (χ4v) is 2.70. The number of nitrogens with one attached hydrogen (secondary N) is 1. The molecule has 2 nitrogen and oxygen atoms in total. The SMILES string of the molecule is CCCCCC1=CSc2ccccc2NC1=O. The van der Waals surface area contributed by atoms with Gasteiger partial charge in [0.2, 0.25) is 0 Å². The van der Waals surface area contributed by atoms with Gasteiger partial charge < -0.3 is 5.32 Å². The number of para-hydroxylation sites is 1. The lowest BCUT2D eigenvalue weighted by atomic mass is 10.1. The first-order valence-electron chi connectivity index (χ1n) is 6.07. The number of fused-ring (bicyclic) bond motifs is 1. The summed E-state index contributed by atoms with van der Waals surface area (Å²) in [7, 11) is 0. The maximum Gasteiger partial charge on any atom is 0.252 e. The molecule has 0 radical (unpaired) electrons. The molecule has 0 saturated carbocycles. The molecule has 1 aliphatic heterocycles. The number of rotatable bonds is 4. The Morgan fingerprint density at radius 1 is 1.24 bits per heavy atom. The molecular formula is C14H17NOS. The van der Waals surface area contributed by atoms with Crippen molar-refractivity contribution in [2.24, 2.45) is 0 Å². The molecule has 0 spiro atoms. The summed E-state index contributed by atoms with van der Waals surface area (Å²) in [5.74, 6) is 0.0542. The highest BCUT2D eigenvalue weighted by Gasteiger charge is 2.15. The number of amides is 1. The first kappa shape index (κ1) is 12.2. The minimum absolute atomic E-state index is 0.0542. The highest BCUT2D eigenvalue weighted by Crippen LogP contribution is 2.32. The Morgan fingerprint density at radius 3 is 2.88 bits per heavy atom. The van der Waals surface area contributed by atoms with Crippen LogP contribution in [-0.2, 0) is 4.79 Å². The number of carbonyl (C=O) groups is 1. The first-order valence-corrected chi connectivity index (χ1v) is 6.95. The Labute approximate surface area is 106 Å². The maximum atomic E-state index is 12.0. The molecular weight excluding hydrogens is 230 g/mol. The summed E-state index contributed by atoms with van der Waals surface area (Å²) in [6.45, 7) is 2.17. The van der Waals surface area contributed by atoms with Crippen molar-refractivity contribution in [3.05, 3.63) is 35.2 Å². The lowest BCUT2D eigenvalue weighted by Gasteiger charge is -2.06. The van der Waals surface area contributed by atoms with Crippen LogP contribution in [0.2, 0.25) is 0 Å². The van der Waals surface area contributed by atoms with Crippen molar-refractivity contribution in [2.75, 3.05) is 5.32 Å². The van der Waals surface area contributed by atoms with Crippen LogP contribution in [0.3, 0.4) is 0 Å². The van der Waals surface area contributed by atoms with E-state index in [0.29, 0.717) is 0 Å². The van der Waals surface area contributed by atoms with Gasteiger partial charge in [0.05, 0.1) is 5.69 Å². The molecule has 2 rings (SSSR count). The van der Waals surface area contributed by atoms with Gasteiger partial charge >= 0.3 is 0 Å². The minimum atomic E-state index is 0.0542. The summed E-state index contributed by atoms with van der Waals surface area (Å²) in [5, 5.41) is 4.97. The highest BCUT2D eigenvalue weighted by molar-refractivity contribution is 8.02. The summed E-state index contributed by atoms with van der Waals surface area (Å²) in [6, 6.07) is 7.92. The Hall–Kier alpha value is -1.22. The summed E-state index contributed by atoms with van der Waals surface area (Å²) in [4.78, 5) is 13.1. The van der Waals surface area contributed by atoms with E-state index in [1.54, 1.807) is 11.8 Å². The number of benzene rings is 1. The molecule has 1 aromatic carbocycles. The van der Waals surface area contributed by atoms with Gasteiger partial charge in [-0.2, -0.15) is 0 Å². The van der Waals surface area contributed by atoms with Crippen LogP contribution in [0.5, 0.6) is 0 Å². The fraction of sp³-hybridized carbons (Fsp3) is 0.357. The molecule has 0 bridgehead atoms. The molecule has 0 saturated heterocycles. The molecule has 3 heteroatoms. The zero-order valence-electron chi connectivity index (χ0n) is 10.0. The van der Waals surface area contributed by atoms with Crippen LogP contribution < -0.4 is 5.32 Å². The Morgan fingerprint density at radius 2 is 2.06 bits per heavy atom. The largest absolute Gasteiger partial charge is 0.321 e. The van der Waals surface area contributed by atoms with E-state index in [2.05, 4.69) is 12.2 Å². The van der Waals surface area contributed by atoms with Crippen molar-refractivity contribution in [3.63, 3.8) is 0 Å². The second-order valence-corrected chi connectivity index (χ2v) is 5.08.